The normalized spacial score (nSPS) is 20.3. The number of likely N-dealkylation sites (tertiary alicyclic amines) is 1. The molecule has 3 atom stereocenters. The third-order valence-corrected chi connectivity index (χ3v) is 7.31. The second kappa shape index (κ2) is 14.5. The van der Waals surface area contributed by atoms with E-state index in [4.69, 9.17) is 16.3 Å². The lowest BCUT2D eigenvalue weighted by atomic mass is 9.88. The SMILES string of the molecule is CNCC(CC1CCCC1)NC(=O)N1CCCC(C(OCCNC(=O)OC)c2cccc(Cl)c2)C1. The van der Waals surface area contributed by atoms with Crippen molar-refractivity contribution in [1.29, 1.82) is 0 Å². The molecule has 1 aliphatic carbocycles. The van der Waals surface area contributed by atoms with Gasteiger partial charge in [0, 0.05) is 43.2 Å². The van der Waals surface area contributed by atoms with Crippen LogP contribution in [0.25, 0.3) is 0 Å². The molecule has 1 heterocycles. The van der Waals surface area contributed by atoms with Crippen molar-refractivity contribution in [2.24, 2.45) is 11.8 Å². The number of amides is 3. The highest BCUT2D eigenvalue weighted by Crippen LogP contribution is 2.34. The minimum absolute atomic E-state index is 0.00477. The number of rotatable bonds is 11. The molecule has 0 aromatic heterocycles. The van der Waals surface area contributed by atoms with Gasteiger partial charge < -0.3 is 30.3 Å². The van der Waals surface area contributed by atoms with Gasteiger partial charge in [0.25, 0.3) is 0 Å². The van der Waals surface area contributed by atoms with E-state index in [9.17, 15) is 9.59 Å². The number of hydrogen-bond donors (Lipinski definition) is 3. The number of piperidine rings is 1. The summed E-state index contributed by atoms with van der Waals surface area (Å²) < 4.78 is 10.9. The molecule has 35 heavy (non-hydrogen) atoms. The highest BCUT2D eigenvalue weighted by atomic mass is 35.5. The molecule has 0 bridgehead atoms. The molecule has 1 aliphatic heterocycles. The maximum atomic E-state index is 13.2. The van der Waals surface area contributed by atoms with Gasteiger partial charge in [0.05, 0.1) is 19.8 Å². The van der Waals surface area contributed by atoms with Crippen LogP contribution < -0.4 is 16.0 Å². The van der Waals surface area contributed by atoms with Crippen molar-refractivity contribution >= 4 is 23.7 Å². The molecular weight excluding hydrogens is 468 g/mol. The van der Waals surface area contributed by atoms with Crippen molar-refractivity contribution in [2.45, 2.75) is 57.1 Å². The van der Waals surface area contributed by atoms with Gasteiger partial charge in [0.1, 0.15) is 0 Å². The van der Waals surface area contributed by atoms with Crippen LogP contribution in [0.3, 0.4) is 0 Å². The van der Waals surface area contributed by atoms with Crippen LogP contribution in [-0.4, -0.2) is 70.0 Å². The number of likely N-dealkylation sites (N-methyl/N-ethyl adjacent to an activating group) is 1. The second-order valence-electron chi connectivity index (χ2n) is 9.70. The Labute approximate surface area is 214 Å². The Hall–Kier alpha value is -2.03. The minimum Gasteiger partial charge on any atom is -0.453 e. The number of carbonyl (C=O) groups is 2. The summed E-state index contributed by atoms with van der Waals surface area (Å²) in [7, 11) is 3.27. The van der Waals surface area contributed by atoms with Gasteiger partial charge in [-0.3, -0.25) is 0 Å². The van der Waals surface area contributed by atoms with Gasteiger partial charge in [-0.25, -0.2) is 9.59 Å². The van der Waals surface area contributed by atoms with Crippen molar-refractivity contribution in [1.82, 2.24) is 20.9 Å². The summed E-state index contributed by atoms with van der Waals surface area (Å²) in [5.41, 5.74) is 0.983. The Morgan fingerprint density at radius 3 is 2.71 bits per heavy atom. The van der Waals surface area contributed by atoms with E-state index in [1.54, 1.807) is 0 Å². The van der Waals surface area contributed by atoms with E-state index in [1.807, 2.05) is 36.2 Å². The number of carbonyl (C=O) groups excluding carboxylic acids is 2. The van der Waals surface area contributed by atoms with Gasteiger partial charge in [0.15, 0.2) is 0 Å². The second-order valence-corrected chi connectivity index (χ2v) is 10.1. The molecular formula is C26H41ClN4O4. The van der Waals surface area contributed by atoms with Crippen molar-refractivity contribution in [3.8, 4) is 0 Å². The number of hydrogen-bond acceptors (Lipinski definition) is 5. The zero-order chi connectivity index (χ0) is 25.0. The molecule has 1 saturated heterocycles. The molecule has 8 nitrogen and oxygen atoms in total. The average Bonchev–Trinajstić information content (AvgIpc) is 3.37. The van der Waals surface area contributed by atoms with Gasteiger partial charge in [0.2, 0.25) is 0 Å². The molecule has 2 aliphatic rings. The van der Waals surface area contributed by atoms with E-state index in [1.165, 1.54) is 32.8 Å². The van der Waals surface area contributed by atoms with Crippen LogP contribution in [0.15, 0.2) is 24.3 Å². The molecule has 1 saturated carbocycles. The third kappa shape index (κ3) is 8.85. The molecule has 1 aromatic rings. The first kappa shape index (κ1) is 27.6. The van der Waals surface area contributed by atoms with E-state index in [0.717, 1.165) is 37.9 Å². The Bertz CT molecular complexity index is 805. The molecule has 2 fully saturated rings. The Morgan fingerprint density at radius 1 is 1.20 bits per heavy atom. The lowest BCUT2D eigenvalue weighted by molar-refractivity contribution is -0.00863. The predicted octanol–water partition coefficient (Wildman–Crippen LogP) is 4.34. The minimum atomic E-state index is -0.484. The van der Waals surface area contributed by atoms with Crippen LogP contribution in [0.2, 0.25) is 5.02 Å². The molecule has 196 valence electrons. The zero-order valence-electron chi connectivity index (χ0n) is 21.1. The average molecular weight is 509 g/mol. The Morgan fingerprint density at radius 2 is 2.00 bits per heavy atom. The monoisotopic (exact) mass is 508 g/mol. The Kier molecular flexibility index (Phi) is 11.4. The fourth-order valence-corrected chi connectivity index (χ4v) is 5.59. The zero-order valence-corrected chi connectivity index (χ0v) is 21.8. The fraction of sp³-hybridized carbons (Fsp3) is 0.692. The summed E-state index contributed by atoms with van der Waals surface area (Å²) in [5.74, 6) is 0.839. The first-order valence-electron chi connectivity index (χ1n) is 12.9. The van der Waals surface area contributed by atoms with Crippen LogP contribution in [0.5, 0.6) is 0 Å². The number of nitrogens with zero attached hydrogens (tertiary/aromatic N) is 1. The lowest BCUT2D eigenvalue weighted by Gasteiger charge is -2.38. The van der Waals surface area contributed by atoms with Gasteiger partial charge in [-0.15, -0.1) is 0 Å². The number of halogens is 1. The standard InChI is InChI=1S/C26H41ClN4O4/c1-28-17-23(15-19-7-3-4-8-19)30-25(32)31-13-6-10-21(18-31)24(20-9-5-11-22(27)16-20)35-14-12-29-26(33)34-2/h5,9,11,16,19,21,23-24,28H,3-4,6-8,10,12-15,17-18H2,1-2H3,(H,29,33)(H,30,32). The largest absolute Gasteiger partial charge is 0.453 e. The van der Waals surface area contributed by atoms with Crippen LogP contribution in [0.1, 0.15) is 56.6 Å². The van der Waals surface area contributed by atoms with Crippen molar-refractivity contribution in [2.75, 3.05) is 46.9 Å². The number of alkyl carbamates (subject to hydrolysis) is 1. The summed E-state index contributed by atoms with van der Waals surface area (Å²) in [6.07, 6.45) is 7.34. The highest BCUT2D eigenvalue weighted by molar-refractivity contribution is 6.30. The summed E-state index contributed by atoms with van der Waals surface area (Å²) in [6, 6.07) is 7.83. The number of ether oxygens (including phenoxy) is 2. The van der Waals surface area contributed by atoms with Crippen LogP contribution in [0.4, 0.5) is 9.59 Å². The molecule has 0 spiro atoms. The molecule has 3 unspecified atom stereocenters. The van der Waals surface area contributed by atoms with Crippen LogP contribution >= 0.6 is 11.6 Å². The van der Waals surface area contributed by atoms with Crippen LogP contribution in [-0.2, 0) is 9.47 Å². The molecule has 0 radical (unpaired) electrons. The van der Waals surface area contributed by atoms with Gasteiger partial charge >= 0.3 is 12.1 Å². The smallest absolute Gasteiger partial charge is 0.406 e. The van der Waals surface area contributed by atoms with Crippen molar-refractivity contribution < 1.29 is 19.1 Å². The van der Waals surface area contributed by atoms with Gasteiger partial charge in [-0.2, -0.15) is 0 Å². The number of benzene rings is 1. The summed E-state index contributed by atoms with van der Waals surface area (Å²) >= 11 is 6.28. The Balaban J connectivity index is 1.62. The maximum Gasteiger partial charge on any atom is 0.406 e. The third-order valence-electron chi connectivity index (χ3n) is 7.08. The van der Waals surface area contributed by atoms with Crippen molar-refractivity contribution in [3.05, 3.63) is 34.9 Å². The molecule has 3 rings (SSSR count). The topological polar surface area (TPSA) is 91.9 Å². The van der Waals surface area contributed by atoms with Crippen molar-refractivity contribution in [3.63, 3.8) is 0 Å². The maximum absolute atomic E-state index is 13.2. The lowest BCUT2D eigenvalue weighted by Crippen LogP contribution is -2.51. The van der Waals surface area contributed by atoms with Gasteiger partial charge in [-0.1, -0.05) is 49.4 Å². The van der Waals surface area contributed by atoms with E-state index in [0.29, 0.717) is 30.6 Å². The molecule has 9 heteroatoms. The number of methoxy groups -OCH3 is 1. The number of urea groups is 1. The first-order valence-corrected chi connectivity index (χ1v) is 13.3. The first-order chi connectivity index (χ1) is 17.0. The molecule has 1 aromatic carbocycles. The summed E-state index contributed by atoms with van der Waals surface area (Å²) in [6.45, 7) is 2.81. The van der Waals surface area contributed by atoms with E-state index in [2.05, 4.69) is 20.7 Å². The van der Waals surface area contributed by atoms with E-state index in [-0.39, 0.29) is 24.1 Å². The highest BCUT2D eigenvalue weighted by Gasteiger charge is 2.32. The summed E-state index contributed by atoms with van der Waals surface area (Å²) in [5, 5.41) is 9.84. The van der Waals surface area contributed by atoms with Crippen LogP contribution in [0, 0.1) is 11.8 Å². The fourth-order valence-electron chi connectivity index (χ4n) is 5.39. The van der Waals surface area contributed by atoms with E-state index >= 15 is 0 Å². The molecule has 3 amide bonds. The predicted molar refractivity (Wildman–Crippen MR) is 138 cm³/mol. The quantitative estimate of drug-likeness (QED) is 0.387. The molecule has 3 N–H and O–H groups in total. The van der Waals surface area contributed by atoms with E-state index < -0.39 is 6.09 Å². The van der Waals surface area contributed by atoms with Gasteiger partial charge in [-0.05, 0) is 49.9 Å². The summed E-state index contributed by atoms with van der Waals surface area (Å²) in [4.78, 5) is 26.5. The number of nitrogens with one attached hydrogen (secondary N) is 3.